The summed E-state index contributed by atoms with van der Waals surface area (Å²) >= 11 is 0. The average molecular weight is 428 g/mol. The Labute approximate surface area is 186 Å². The Bertz CT molecular complexity index is 1200. The number of carbonyl (C=O) groups excluding carboxylic acids is 1. The molecule has 2 bridgehead atoms. The molecule has 0 unspecified atom stereocenters. The summed E-state index contributed by atoms with van der Waals surface area (Å²) in [5.41, 5.74) is 3.34. The summed E-state index contributed by atoms with van der Waals surface area (Å²) in [6, 6.07) is 11.2. The van der Waals surface area contributed by atoms with Gasteiger partial charge in [0, 0.05) is 38.4 Å². The van der Waals surface area contributed by atoms with Gasteiger partial charge in [0.05, 0.1) is 29.0 Å². The first-order valence-corrected chi connectivity index (χ1v) is 10.8. The minimum Gasteiger partial charge on any atom is -0.493 e. The van der Waals surface area contributed by atoms with Crippen molar-refractivity contribution in [3.05, 3.63) is 59.4 Å². The van der Waals surface area contributed by atoms with E-state index in [-0.39, 0.29) is 11.8 Å². The molecule has 0 saturated carbocycles. The van der Waals surface area contributed by atoms with Crippen molar-refractivity contribution in [2.45, 2.75) is 25.8 Å². The summed E-state index contributed by atoms with van der Waals surface area (Å²) in [6.45, 7) is 5.68. The lowest BCUT2D eigenvalue weighted by Crippen LogP contribution is -2.41. The zero-order chi connectivity index (χ0) is 22.2. The first-order chi connectivity index (χ1) is 15.5. The fourth-order valence-electron chi connectivity index (χ4n) is 4.69. The number of hydrogen-bond acceptors (Lipinski definition) is 6. The highest BCUT2D eigenvalue weighted by Crippen LogP contribution is 2.33. The summed E-state index contributed by atoms with van der Waals surface area (Å²) in [5.74, 6) is 0.402. The summed E-state index contributed by atoms with van der Waals surface area (Å²) in [7, 11) is 0. The van der Waals surface area contributed by atoms with Gasteiger partial charge in [0.1, 0.15) is 0 Å². The number of nitrogens with zero attached hydrogens (tertiary/aromatic N) is 6. The van der Waals surface area contributed by atoms with Crippen LogP contribution < -0.4 is 0 Å². The Morgan fingerprint density at radius 3 is 2.59 bits per heavy atom. The van der Waals surface area contributed by atoms with E-state index >= 15 is 0 Å². The lowest BCUT2D eigenvalue weighted by Gasteiger charge is -2.31. The van der Waals surface area contributed by atoms with Gasteiger partial charge in [0.15, 0.2) is 5.82 Å². The molecule has 0 radical (unpaired) electrons. The number of nitriles is 1. The molecule has 32 heavy (non-hydrogen) atoms. The van der Waals surface area contributed by atoms with E-state index in [4.69, 9.17) is 5.26 Å². The van der Waals surface area contributed by atoms with Crippen LogP contribution in [0.5, 0.6) is 5.88 Å². The third-order valence-corrected chi connectivity index (χ3v) is 6.52. The number of amides is 1. The third kappa shape index (κ3) is 3.51. The monoisotopic (exact) mass is 428 g/mol. The summed E-state index contributed by atoms with van der Waals surface area (Å²) in [6.07, 6.45) is 5.18. The van der Waals surface area contributed by atoms with Crippen molar-refractivity contribution in [2.75, 3.05) is 26.2 Å². The predicted molar refractivity (Wildman–Crippen MR) is 118 cm³/mol. The maximum atomic E-state index is 13.1. The van der Waals surface area contributed by atoms with Crippen molar-refractivity contribution in [1.29, 1.82) is 5.26 Å². The zero-order valence-electron chi connectivity index (χ0n) is 17.9. The molecule has 3 fully saturated rings. The second-order valence-corrected chi connectivity index (χ2v) is 8.41. The van der Waals surface area contributed by atoms with Crippen LogP contribution in [0.3, 0.4) is 0 Å². The van der Waals surface area contributed by atoms with Crippen molar-refractivity contribution in [3.63, 3.8) is 0 Å². The Morgan fingerprint density at radius 1 is 1.09 bits per heavy atom. The fourth-order valence-corrected chi connectivity index (χ4v) is 4.69. The smallest absolute Gasteiger partial charge is 0.255 e. The van der Waals surface area contributed by atoms with E-state index in [9.17, 15) is 9.90 Å². The minimum atomic E-state index is -0.0389. The van der Waals surface area contributed by atoms with Crippen LogP contribution in [-0.4, -0.2) is 67.8 Å². The van der Waals surface area contributed by atoms with Crippen LogP contribution in [0.25, 0.3) is 16.9 Å². The second-order valence-electron chi connectivity index (χ2n) is 8.41. The van der Waals surface area contributed by atoms with E-state index in [0.29, 0.717) is 28.6 Å². The van der Waals surface area contributed by atoms with Crippen molar-refractivity contribution in [1.82, 2.24) is 24.6 Å². The van der Waals surface area contributed by atoms with Gasteiger partial charge in [0.25, 0.3) is 5.91 Å². The molecule has 3 aliphatic rings. The van der Waals surface area contributed by atoms with Gasteiger partial charge < -0.3 is 14.9 Å². The number of rotatable bonds is 3. The maximum absolute atomic E-state index is 13.1. The molecule has 2 aromatic heterocycles. The normalized spacial score (nSPS) is 20.1. The van der Waals surface area contributed by atoms with Crippen molar-refractivity contribution < 1.29 is 9.90 Å². The molecule has 162 valence electrons. The topological polar surface area (TPSA) is 98.3 Å². The van der Waals surface area contributed by atoms with E-state index in [0.717, 1.165) is 50.1 Å². The van der Waals surface area contributed by atoms with E-state index in [2.05, 4.69) is 21.1 Å². The number of aryl methyl sites for hydroxylation is 1. The molecular formula is C24H24N6O2. The highest BCUT2D eigenvalue weighted by molar-refractivity contribution is 5.94. The Balaban J connectivity index is 1.39. The van der Waals surface area contributed by atoms with Crippen LogP contribution in [0.2, 0.25) is 0 Å². The number of fused-ring (bicyclic) bond motifs is 4. The quantitative estimate of drug-likeness (QED) is 0.689. The molecule has 1 aromatic carbocycles. The van der Waals surface area contributed by atoms with Crippen molar-refractivity contribution in [2.24, 2.45) is 0 Å². The lowest BCUT2D eigenvalue weighted by atomic mass is 10.0. The average Bonchev–Trinajstić information content (AvgIpc) is 2.98. The lowest BCUT2D eigenvalue weighted by molar-refractivity contribution is 0.0684. The molecule has 8 nitrogen and oxygen atoms in total. The number of aromatic hydroxyl groups is 1. The highest BCUT2D eigenvalue weighted by atomic mass is 16.3. The number of benzene rings is 1. The minimum absolute atomic E-state index is 0.0105. The largest absolute Gasteiger partial charge is 0.493 e. The van der Waals surface area contributed by atoms with E-state index in [1.165, 1.54) is 4.68 Å². The van der Waals surface area contributed by atoms with Gasteiger partial charge in [-0.1, -0.05) is 6.07 Å². The number of pyridine rings is 1. The molecule has 3 aliphatic heterocycles. The Hall–Kier alpha value is -3.70. The van der Waals surface area contributed by atoms with Crippen LogP contribution in [0.15, 0.2) is 42.7 Å². The van der Waals surface area contributed by atoms with Crippen LogP contribution in [0.4, 0.5) is 0 Å². The first kappa shape index (κ1) is 20.2. The summed E-state index contributed by atoms with van der Waals surface area (Å²) in [5, 5.41) is 24.1. The number of aromatic nitrogens is 3. The third-order valence-electron chi connectivity index (χ3n) is 6.52. The standard InChI is InChI=1S/C24H24N6O2/c1-16-12-17(13-25)2-4-20(16)21-15-27-30(24(21)32)22-5-3-18(14-26-22)23(31)29-11-10-28-8-6-19(29)7-9-28/h2-5,12,14-15,19,32H,6-11H2,1H3. The van der Waals surface area contributed by atoms with Crippen molar-refractivity contribution in [3.8, 4) is 28.9 Å². The van der Waals surface area contributed by atoms with Crippen LogP contribution in [0.1, 0.15) is 34.3 Å². The molecule has 1 N–H and O–H groups in total. The molecule has 3 saturated heterocycles. The number of piperidine rings is 1. The first-order valence-electron chi connectivity index (χ1n) is 10.8. The molecule has 6 rings (SSSR count). The van der Waals surface area contributed by atoms with Crippen LogP contribution in [0, 0.1) is 18.3 Å². The zero-order valence-corrected chi connectivity index (χ0v) is 17.9. The number of carbonyl (C=O) groups is 1. The fraction of sp³-hybridized carbons (Fsp3) is 0.333. The van der Waals surface area contributed by atoms with E-state index < -0.39 is 0 Å². The summed E-state index contributed by atoms with van der Waals surface area (Å²) < 4.78 is 1.35. The molecule has 3 aromatic rings. The van der Waals surface area contributed by atoms with Crippen LogP contribution >= 0.6 is 0 Å². The van der Waals surface area contributed by atoms with E-state index in [1.54, 1.807) is 42.7 Å². The van der Waals surface area contributed by atoms with Gasteiger partial charge in [-0.2, -0.15) is 15.0 Å². The van der Waals surface area contributed by atoms with E-state index in [1.807, 2.05) is 11.8 Å². The van der Waals surface area contributed by atoms with Gasteiger partial charge in [-0.3, -0.25) is 4.79 Å². The summed E-state index contributed by atoms with van der Waals surface area (Å²) in [4.78, 5) is 21.9. The molecule has 0 atom stereocenters. The number of hydrogen-bond donors (Lipinski definition) is 1. The Morgan fingerprint density at radius 2 is 1.91 bits per heavy atom. The predicted octanol–water partition coefficient (Wildman–Crippen LogP) is 2.74. The van der Waals surface area contributed by atoms with Gasteiger partial charge in [-0.15, -0.1) is 0 Å². The van der Waals surface area contributed by atoms with Crippen LogP contribution in [-0.2, 0) is 0 Å². The molecule has 5 heterocycles. The van der Waals surface area contributed by atoms with Gasteiger partial charge >= 0.3 is 0 Å². The molecular weight excluding hydrogens is 404 g/mol. The highest BCUT2D eigenvalue weighted by Gasteiger charge is 2.32. The maximum Gasteiger partial charge on any atom is 0.255 e. The molecule has 0 spiro atoms. The molecule has 8 heteroatoms. The van der Waals surface area contributed by atoms with Gasteiger partial charge in [0.2, 0.25) is 5.88 Å². The Kier molecular flexibility index (Phi) is 5.11. The molecule has 1 amide bonds. The van der Waals surface area contributed by atoms with Gasteiger partial charge in [-0.25, -0.2) is 4.98 Å². The van der Waals surface area contributed by atoms with Gasteiger partial charge in [-0.05, 0) is 55.2 Å². The van der Waals surface area contributed by atoms with Crippen molar-refractivity contribution >= 4 is 5.91 Å². The second kappa shape index (κ2) is 8.09. The molecule has 0 aliphatic carbocycles. The SMILES string of the molecule is Cc1cc(C#N)ccc1-c1cnn(-c2ccc(C(=O)N3CCN4CCC3CC4)cn2)c1O.